The number of carboxylic acids is 1. The van der Waals surface area contributed by atoms with Crippen LogP contribution in [-0.2, 0) is 9.59 Å². The van der Waals surface area contributed by atoms with Crippen LogP contribution < -0.4 is 10.6 Å². The zero-order chi connectivity index (χ0) is 14.2. The number of carbonyl (C=O) groups excluding carboxylic acids is 1. The highest BCUT2D eigenvalue weighted by molar-refractivity contribution is 7.99. The summed E-state index contributed by atoms with van der Waals surface area (Å²) in [6, 6.07) is 0.143. The van der Waals surface area contributed by atoms with Crippen LogP contribution in [0.25, 0.3) is 0 Å². The van der Waals surface area contributed by atoms with Gasteiger partial charge in [0.15, 0.2) is 0 Å². The van der Waals surface area contributed by atoms with Gasteiger partial charge in [-0.05, 0) is 39.5 Å². The number of nitrogens with one attached hydrogen (secondary N) is 2. The van der Waals surface area contributed by atoms with E-state index in [0.29, 0.717) is 24.5 Å². The minimum absolute atomic E-state index is 0.00419. The molecule has 0 aliphatic carbocycles. The molecule has 106 valence electrons. The van der Waals surface area contributed by atoms with Crippen LogP contribution in [0.2, 0.25) is 0 Å². The number of thioether (sulfide) groups is 1. The molecule has 1 amide bonds. The summed E-state index contributed by atoms with van der Waals surface area (Å²) in [5.41, 5.74) is -0.906. The highest BCUT2D eigenvalue weighted by Gasteiger charge is 2.31. The molecule has 0 aromatic carbocycles. The lowest BCUT2D eigenvalue weighted by Crippen LogP contribution is -2.49. The average molecular weight is 276 g/mol. The molecule has 0 aromatic heterocycles. The van der Waals surface area contributed by atoms with Crippen LogP contribution in [0.3, 0.4) is 0 Å². The van der Waals surface area contributed by atoms with Crippen molar-refractivity contribution in [3.63, 3.8) is 0 Å². The van der Waals surface area contributed by atoms with Crippen LogP contribution in [0.5, 0.6) is 0 Å². The molecule has 0 heterocycles. The largest absolute Gasteiger partial charge is 0.480 e. The molecular formula is C12H24N2O3S. The molecule has 0 saturated carbocycles. The van der Waals surface area contributed by atoms with Crippen molar-refractivity contribution in [2.75, 3.05) is 18.1 Å². The summed E-state index contributed by atoms with van der Waals surface area (Å²) in [4.78, 5) is 22.5. The van der Waals surface area contributed by atoms with Crippen LogP contribution in [0.15, 0.2) is 0 Å². The van der Waals surface area contributed by atoms with Crippen molar-refractivity contribution in [1.29, 1.82) is 0 Å². The van der Waals surface area contributed by atoms with E-state index in [4.69, 9.17) is 5.11 Å². The van der Waals surface area contributed by atoms with Gasteiger partial charge in [-0.15, -0.1) is 0 Å². The second-order valence-electron chi connectivity index (χ2n) is 4.69. The first-order valence-electron chi connectivity index (χ1n) is 6.17. The quantitative estimate of drug-likeness (QED) is 0.549. The minimum atomic E-state index is -0.906. The third-order valence-electron chi connectivity index (χ3n) is 2.47. The Balaban J connectivity index is 3.94. The smallest absolute Gasteiger partial charge is 0.323 e. The number of hydrogen-bond donors (Lipinski definition) is 3. The third kappa shape index (κ3) is 6.86. The Morgan fingerprint density at radius 1 is 1.39 bits per heavy atom. The number of hydrogen-bond acceptors (Lipinski definition) is 4. The lowest BCUT2D eigenvalue weighted by Gasteiger charge is -2.25. The molecule has 18 heavy (non-hydrogen) atoms. The predicted molar refractivity (Wildman–Crippen MR) is 74.9 cm³/mol. The van der Waals surface area contributed by atoms with E-state index in [9.17, 15) is 9.59 Å². The van der Waals surface area contributed by atoms with Crippen LogP contribution in [0.1, 0.15) is 34.1 Å². The van der Waals surface area contributed by atoms with Crippen LogP contribution in [-0.4, -0.2) is 46.6 Å². The number of aliphatic carboxylic acids is 1. The highest BCUT2D eigenvalue weighted by Crippen LogP contribution is 2.14. The summed E-state index contributed by atoms with van der Waals surface area (Å²) in [5.74, 6) is 0.161. The summed E-state index contributed by atoms with van der Waals surface area (Å²) >= 11 is 1.46. The van der Waals surface area contributed by atoms with Gasteiger partial charge in [-0.3, -0.25) is 9.59 Å². The van der Waals surface area contributed by atoms with E-state index in [1.165, 1.54) is 11.8 Å². The molecule has 0 aliphatic heterocycles. The molecule has 5 nitrogen and oxygen atoms in total. The zero-order valence-electron chi connectivity index (χ0n) is 11.6. The minimum Gasteiger partial charge on any atom is -0.480 e. The monoisotopic (exact) mass is 276 g/mol. The summed E-state index contributed by atoms with van der Waals surface area (Å²) in [6.07, 6.45) is 0.496. The van der Waals surface area contributed by atoms with Crippen LogP contribution in [0.4, 0.5) is 0 Å². The lowest BCUT2D eigenvalue weighted by molar-refractivity contribution is -0.144. The molecule has 0 rings (SSSR count). The molecule has 0 spiro atoms. The molecular weight excluding hydrogens is 252 g/mol. The highest BCUT2D eigenvalue weighted by atomic mass is 32.2. The van der Waals surface area contributed by atoms with Crippen molar-refractivity contribution in [2.24, 2.45) is 0 Å². The Morgan fingerprint density at radius 2 is 2.00 bits per heavy atom. The molecule has 1 atom stereocenters. The third-order valence-corrected chi connectivity index (χ3v) is 3.43. The maximum atomic E-state index is 11.4. The molecule has 0 aliphatic rings. The Kier molecular flexibility index (Phi) is 8.02. The Hall–Kier alpha value is -0.750. The van der Waals surface area contributed by atoms with E-state index in [2.05, 4.69) is 10.6 Å². The number of likely N-dealkylation sites (N-methyl/N-ethyl adjacent to an activating group) is 1. The fourth-order valence-corrected chi connectivity index (χ4v) is 2.43. The van der Waals surface area contributed by atoms with Crippen molar-refractivity contribution < 1.29 is 14.7 Å². The maximum absolute atomic E-state index is 11.4. The van der Waals surface area contributed by atoms with Gasteiger partial charge in [-0.2, -0.15) is 11.8 Å². The summed E-state index contributed by atoms with van der Waals surface area (Å²) in [6.45, 7) is 7.99. The molecule has 6 heteroatoms. The van der Waals surface area contributed by atoms with E-state index in [0.717, 1.165) is 0 Å². The fraction of sp³-hybridized carbons (Fsp3) is 0.833. The Morgan fingerprint density at radius 3 is 2.44 bits per heavy atom. The van der Waals surface area contributed by atoms with E-state index in [1.807, 2.05) is 20.8 Å². The number of carbonyl (C=O) groups is 2. The van der Waals surface area contributed by atoms with Gasteiger partial charge < -0.3 is 15.7 Å². The van der Waals surface area contributed by atoms with Gasteiger partial charge in [0.1, 0.15) is 5.54 Å². The fourth-order valence-electron chi connectivity index (χ4n) is 1.47. The molecule has 0 saturated heterocycles. The van der Waals surface area contributed by atoms with Crippen molar-refractivity contribution in [1.82, 2.24) is 10.6 Å². The number of amides is 1. The predicted octanol–water partition coefficient (Wildman–Crippen LogP) is 1.09. The van der Waals surface area contributed by atoms with E-state index >= 15 is 0 Å². The average Bonchev–Trinajstić information content (AvgIpc) is 2.23. The first-order chi connectivity index (χ1) is 8.31. The van der Waals surface area contributed by atoms with Gasteiger partial charge in [-0.25, -0.2) is 0 Å². The van der Waals surface area contributed by atoms with Gasteiger partial charge in [0.25, 0.3) is 0 Å². The van der Waals surface area contributed by atoms with Gasteiger partial charge >= 0.3 is 5.97 Å². The van der Waals surface area contributed by atoms with Crippen LogP contribution >= 0.6 is 11.8 Å². The molecule has 1 unspecified atom stereocenters. The normalized spacial score (nSPS) is 14.3. The summed E-state index contributed by atoms with van der Waals surface area (Å²) < 4.78 is 0. The van der Waals surface area contributed by atoms with Crippen molar-refractivity contribution in [2.45, 2.75) is 45.7 Å². The van der Waals surface area contributed by atoms with Gasteiger partial charge in [0, 0.05) is 6.04 Å². The molecule has 0 aromatic rings. The SMILES string of the molecule is CCNC(C)(CCSCC(=O)NC(C)C)C(=O)O. The van der Waals surface area contributed by atoms with Gasteiger partial charge in [-0.1, -0.05) is 6.92 Å². The van der Waals surface area contributed by atoms with Crippen LogP contribution in [0, 0.1) is 0 Å². The second kappa shape index (κ2) is 8.37. The standard InChI is InChI=1S/C12H24N2O3S/c1-5-13-12(4,11(16)17)6-7-18-8-10(15)14-9(2)3/h9,13H,5-8H2,1-4H3,(H,14,15)(H,16,17). The van der Waals surface area contributed by atoms with E-state index in [-0.39, 0.29) is 11.9 Å². The lowest BCUT2D eigenvalue weighted by atomic mass is 9.99. The molecule has 3 N–H and O–H groups in total. The topological polar surface area (TPSA) is 78.4 Å². The Bertz CT molecular complexity index is 284. The second-order valence-corrected chi connectivity index (χ2v) is 5.80. The summed E-state index contributed by atoms with van der Waals surface area (Å²) in [5, 5.41) is 14.9. The maximum Gasteiger partial charge on any atom is 0.323 e. The van der Waals surface area contributed by atoms with E-state index < -0.39 is 11.5 Å². The van der Waals surface area contributed by atoms with E-state index in [1.54, 1.807) is 6.92 Å². The molecule has 0 fully saturated rings. The molecule has 0 radical (unpaired) electrons. The first-order valence-corrected chi connectivity index (χ1v) is 7.33. The van der Waals surface area contributed by atoms with Gasteiger partial charge in [0.2, 0.25) is 5.91 Å². The van der Waals surface area contributed by atoms with Crippen molar-refractivity contribution in [3.8, 4) is 0 Å². The Labute approximate surface area is 113 Å². The first kappa shape index (κ1) is 17.2. The number of rotatable bonds is 9. The zero-order valence-corrected chi connectivity index (χ0v) is 12.4. The molecule has 0 bridgehead atoms. The van der Waals surface area contributed by atoms with Crippen molar-refractivity contribution >= 4 is 23.6 Å². The van der Waals surface area contributed by atoms with Crippen molar-refractivity contribution in [3.05, 3.63) is 0 Å². The number of carboxylic acid groups (broad SMARTS) is 1. The summed E-state index contributed by atoms with van der Waals surface area (Å²) in [7, 11) is 0. The van der Waals surface area contributed by atoms with Gasteiger partial charge in [0.05, 0.1) is 5.75 Å².